The van der Waals surface area contributed by atoms with Crippen molar-refractivity contribution in [1.82, 2.24) is 4.90 Å². The van der Waals surface area contributed by atoms with Crippen LogP contribution in [0.2, 0.25) is 0 Å². The van der Waals surface area contributed by atoms with E-state index in [0.717, 1.165) is 38.9 Å². The van der Waals surface area contributed by atoms with Gasteiger partial charge in [0, 0.05) is 19.1 Å². The molecule has 1 aliphatic heterocycles. The van der Waals surface area contributed by atoms with Gasteiger partial charge in [-0.1, -0.05) is 6.92 Å². The molecule has 2 unspecified atom stereocenters. The molecule has 3 heteroatoms. The minimum Gasteiger partial charge on any atom is -0.392 e. The molecule has 0 bridgehead atoms. The summed E-state index contributed by atoms with van der Waals surface area (Å²) in [6.07, 6.45) is 3.03. The molecular weight excluding hydrogens is 152 g/mol. The predicted octanol–water partition coefficient (Wildman–Crippen LogP) is 0.180. The second kappa shape index (κ2) is 4.80. The van der Waals surface area contributed by atoms with E-state index in [0.29, 0.717) is 6.04 Å². The highest BCUT2D eigenvalue weighted by Crippen LogP contribution is 2.16. The average Bonchev–Trinajstić information content (AvgIpc) is 2.47. The normalized spacial score (nSPS) is 27.8. The third-order valence-electron chi connectivity index (χ3n) is 2.68. The first-order valence-corrected chi connectivity index (χ1v) is 4.90. The van der Waals surface area contributed by atoms with Crippen LogP contribution in [0.5, 0.6) is 0 Å². The molecule has 0 radical (unpaired) electrons. The fourth-order valence-electron chi connectivity index (χ4n) is 1.94. The van der Waals surface area contributed by atoms with Crippen molar-refractivity contribution in [1.29, 1.82) is 0 Å². The lowest BCUT2D eigenvalue weighted by Gasteiger charge is -2.25. The maximum absolute atomic E-state index is 9.34. The first-order valence-electron chi connectivity index (χ1n) is 4.90. The highest BCUT2D eigenvalue weighted by molar-refractivity contribution is 4.80. The van der Waals surface area contributed by atoms with Gasteiger partial charge >= 0.3 is 0 Å². The van der Waals surface area contributed by atoms with Crippen molar-refractivity contribution in [3.05, 3.63) is 0 Å². The van der Waals surface area contributed by atoms with Crippen molar-refractivity contribution in [2.75, 3.05) is 19.6 Å². The standard InChI is InChI=1S/C9H20N2O/c1-2-8(3-5-10)11-6-4-9(12)7-11/h8-9,12H,2-7,10H2,1H3. The van der Waals surface area contributed by atoms with Gasteiger partial charge < -0.3 is 10.8 Å². The van der Waals surface area contributed by atoms with Crippen LogP contribution < -0.4 is 5.73 Å². The highest BCUT2D eigenvalue weighted by atomic mass is 16.3. The third kappa shape index (κ3) is 2.44. The summed E-state index contributed by atoms with van der Waals surface area (Å²) in [6, 6.07) is 0.590. The van der Waals surface area contributed by atoms with Crippen molar-refractivity contribution < 1.29 is 5.11 Å². The van der Waals surface area contributed by atoms with Gasteiger partial charge in [-0.25, -0.2) is 0 Å². The summed E-state index contributed by atoms with van der Waals surface area (Å²) in [6.45, 7) is 4.83. The summed E-state index contributed by atoms with van der Waals surface area (Å²) < 4.78 is 0. The Kier molecular flexibility index (Phi) is 3.98. The molecule has 1 heterocycles. The quantitative estimate of drug-likeness (QED) is 0.636. The summed E-state index contributed by atoms with van der Waals surface area (Å²) in [5.41, 5.74) is 5.52. The largest absolute Gasteiger partial charge is 0.392 e. The van der Waals surface area contributed by atoms with E-state index in [-0.39, 0.29) is 6.10 Å². The second-order valence-corrected chi connectivity index (χ2v) is 3.58. The molecule has 1 aliphatic rings. The fourth-order valence-corrected chi connectivity index (χ4v) is 1.94. The van der Waals surface area contributed by atoms with Crippen LogP contribution in [-0.2, 0) is 0 Å². The van der Waals surface area contributed by atoms with Gasteiger partial charge in [0.15, 0.2) is 0 Å². The van der Waals surface area contributed by atoms with E-state index in [1.807, 2.05) is 0 Å². The van der Waals surface area contributed by atoms with E-state index in [9.17, 15) is 5.11 Å². The first kappa shape index (κ1) is 9.96. The zero-order valence-corrected chi connectivity index (χ0v) is 7.87. The van der Waals surface area contributed by atoms with Gasteiger partial charge in [-0.3, -0.25) is 4.90 Å². The number of hydrogen-bond acceptors (Lipinski definition) is 3. The Morgan fingerprint density at radius 2 is 2.42 bits per heavy atom. The molecule has 3 nitrogen and oxygen atoms in total. The third-order valence-corrected chi connectivity index (χ3v) is 2.68. The second-order valence-electron chi connectivity index (χ2n) is 3.58. The molecule has 0 amide bonds. The Morgan fingerprint density at radius 3 is 2.83 bits per heavy atom. The monoisotopic (exact) mass is 172 g/mol. The van der Waals surface area contributed by atoms with Crippen LogP contribution >= 0.6 is 0 Å². The van der Waals surface area contributed by atoms with Crippen molar-refractivity contribution in [2.24, 2.45) is 5.73 Å². The number of likely N-dealkylation sites (tertiary alicyclic amines) is 1. The van der Waals surface area contributed by atoms with E-state index in [1.165, 1.54) is 0 Å². The van der Waals surface area contributed by atoms with Gasteiger partial charge in [-0.05, 0) is 25.8 Å². The molecule has 0 aromatic rings. The van der Waals surface area contributed by atoms with Crippen LogP contribution in [0.1, 0.15) is 26.2 Å². The summed E-state index contributed by atoms with van der Waals surface area (Å²) in [7, 11) is 0. The van der Waals surface area contributed by atoms with Crippen molar-refractivity contribution in [3.8, 4) is 0 Å². The molecule has 2 atom stereocenters. The SMILES string of the molecule is CCC(CCN)N1CCC(O)C1. The molecule has 72 valence electrons. The number of nitrogens with zero attached hydrogens (tertiary/aromatic N) is 1. The summed E-state index contributed by atoms with van der Waals surface area (Å²) in [5.74, 6) is 0. The average molecular weight is 172 g/mol. The molecular formula is C9H20N2O. The van der Waals surface area contributed by atoms with Crippen LogP contribution in [0.3, 0.4) is 0 Å². The minimum absolute atomic E-state index is 0.100. The number of β-amino-alcohol motifs (C(OH)–C–C–N with tert-alkyl or cyclic N) is 1. The lowest BCUT2D eigenvalue weighted by atomic mass is 10.1. The van der Waals surface area contributed by atoms with Crippen LogP contribution in [0.4, 0.5) is 0 Å². The lowest BCUT2D eigenvalue weighted by molar-refractivity contribution is 0.154. The Bertz CT molecular complexity index is 128. The molecule has 0 spiro atoms. The minimum atomic E-state index is -0.100. The fraction of sp³-hybridized carbons (Fsp3) is 1.00. The molecule has 1 saturated heterocycles. The molecule has 1 fully saturated rings. The summed E-state index contributed by atoms with van der Waals surface area (Å²) >= 11 is 0. The van der Waals surface area contributed by atoms with Gasteiger partial charge in [0.1, 0.15) is 0 Å². The molecule has 1 rings (SSSR count). The first-order chi connectivity index (χ1) is 5.77. The molecule has 0 aromatic heterocycles. The molecule has 3 N–H and O–H groups in total. The predicted molar refractivity (Wildman–Crippen MR) is 49.9 cm³/mol. The van der Waals surface area contributed by atoms with E-state index in [1.54, 1.807) is 0 Å². The summed E-state index contributed by atoms with van der Waals surface area (Å²) in [5, 5.41) is 9.34. The van der Waals surface area contributed by atoms with E-state index >= 15 is 0 Å². The Morgan fingerprint density at radius 1 is 1.67 bits per heavy atom. The number of aliphatic hydroxyl groups is 1. The number of nitrogens with two attached hydrogens (primary N) is 1. The van der Waals surface area contributed by atoms with E-state index in [4.69, 9.17) is 5.73 Å². The zero-order valence-electron chi connectivity index (χ0n) is 7.87. The van der Waals surface area contributed by atoms with Crippen molar-refractivity contribution in [3.63, 3.8) is 0 Å². The van der Waals surface area contributed by atoms with Crippen LogP contribution in [0.25, 0.3) is 0 Å². The Hall–Kier alpha value is -0.120. The molecule has 0 saturated carbocycles. The van der Waals surface area contributed by atoms with Gasteiger partial charge in [0.2, 0.25) is 0 Å². The van der Waals surface area contributed by atoms with E-state index in [2.05, 4.69) is 11.8 Å². The smallest absolute Gasteiger partial charge is 0.0679 e. The highest BCUT2D eigenvalue weighted by Gasteiger charge is 2.25. The van der Waals surface area contributed by atoms with Crippen LogP contribution in [0.15, 0.2) is 0 Å². The Balaban J connectivity index is 2.33. The van der Waals surface area contributed by atoms with E-state index < -0.39 is 0 Å². The Labute approximate surface area is 74.5 Å². The number of aliphatic hydroxyl groups excluding tert-OH is 1. The molecule has 0 aromatic carbocycles. The lowest BCUT2D eigenvalue weighted by Crippen LogP contribution is -2.35. The van der Waals surface area contributed by atoms with Gasteiger partial charge in [0.05, 0.1) is 6.10 Å². The van der Waals surface area contributed by atoms with Crippen LogP contribution in [0, 0.1) is 0 Å². The number of hydrogen-bond donors (Lipinski definition) is 2. The van der Waals surface area contributed by atoms with Crippen molar-refractivity contribution in [2.45, 2.75) is 38.3 Å². The maximum Gasteiger partial charge on any atom is 0.0679 e. The summed E-state index contributed by atoms with van der Waals surface area (Å²) in [4.78, 5) is 2.36. The molecule has 0 aliphatic carbocycles. The van der Waals surface area contributed by atoms with Gasteiger partial charge in [-0.2, -0.15) is 0 Å². The van der Waals surface area contributed by atoms with Gasteiger partial charge in [-0.15, -0.1) is 0 Å². The maximum atomic E-state index is 9.34. The van der Waals surface area contributed by atoms with Crippen LogP contribution in [-0.4, -0.2) is 41.8 Å². The topological polar surface area (TPSA) is 49.5 Å². The van der Waals surface area contributed by atoms with Crippen molar-refractivity contribution >= 4 is 0 Å². The molecule has 12 heavy (non-hydrogen) atoms. The number of rotatable bonds is 4. The van der Waals surface area contributed by atoms with Gasteiger partial charge in [0.25, 0.3) is 0 Å². The zero-order chi connectivity index (χ0) is 8.97.